The molecule has 2 aromatic rings. The van der Waals surface area contributed by atoms with E-state index in [-0.39, 0.29) is 32.7 Å². The molecule has 1 radical (unpaired) electrons. The molecule has 0 aliphatic heterocycles. The Kier molecular flexibility index (Phi) is 3.57. The molecule has 0 N–H and O–H groups in total. The summed E-state index contributed by atoms with van der Waals surface area (Å²) in [6, 6.07) is 9.70. The molecule has 1 aromatic carbocycles. The number of rotatable bonds is 0. The van der Waals surface area contributed by atoms with Gasteiger partial charge in [-0.3, -0.25) is 4.98 Å². The van der Waals surface area contributed by atoms with E-state index in [1.807, 2.05) is 30.3 Å². The van der Waals surface area contributed by atoms with Crippen LogP contribution in [0.5, 0.6) is 0 Å². The van der Waals surface area contributed by atoms with Crippen molar-refractivity contribution in [3.63, 3.8) is 0 Å². The van der Waals surface area contributed by atoms with Crippen molar-refractivity contribution in [1.82, 2.24) is 4.98 Å². The van der Waals surface area contributed by atoms with E-state index in [0.717, 1.165) is 15.8 Å². The van der Waals surface area contributed by atoms with Gasteiger partial charge in [0.25, 0.3) is 0 Å². The minimum atomic E-state index is 0. The van der Waals surface area contributed by atoms with Gasteiger partial charge in [0.2, 0.25) is 0 Å². The van der Waals surface area contributed by atoms with E-state index < -0.39 is 0 Å². The number of benzene rings is 1. The molecule has 0 amide bonds. The van der Waals surface area contributed by atoms with Crippen molar-refractivity contribution in [2.24, 2.45) is 0 Å². The first-order valence-corrected chi connectivity index (χ1v) is 3.79. The van der Waals surface area contributed by atoms with Gasteiger partial charge in [-0.05, 0) is 17.5 Å². The van der Waals surface area contributed by atoms with Gasteiger partial charge in [-0.1, -0.05) is 18.2 Å². The third-order valence-electron chi connectivity index (χ3n) is 1.61. The van der Waals surface area contributed by atoms with Crippen molar-refractivity contribution in [1.29, 1.82) is 0 Å². The maximum atomic E-state index is 5.11. The van der Waals surface area contributed by atoms with Gasteiger partial charge in [0.1, 0.15) is 0 Å². The van der Waals surface area contributed by atoms with Crippen LogP contribution < -0.4 is 0 Å². The SMILES string of the molecule is [S-]c1cccc2ncccc12.[Y]. The molecule has 0 aliphatic rings. The van der Waals surface area contributed by atoms with E-state index in [4.69, 9.17) is 12.6 Å². The second-order valence-corrected chi connectivity index (χ2v) is 2.77. The predicted octanol–water partition coefficient (Wildman–Crippen LogP) is 2.14. The molecule has 12 heavy (non-hydrogen) atoms. The summed E-state index contributed by atoms with van der Waals surface area (Å²) < 4.78 is 0. The summed E-state index contributed by atoms with van der Waals surface area (Å²) in [4.78, 5) is 5.05. The van der Waals surface area contributed by atoms with Gasteiger partial charge >= 0.3 is 0 Å². The number of hydrogen-bond donors (Lipinski definition) is 0. The maximum Gasteiger partial charge on any atom is 0.0686 e. The Balaban J connectivity index is 0.000000720. The molecule has 1 aromatic heterocycles. The molecule has 0 bridgehead atoms. The summed E-state index contributed by atoms with van der Waals surface area (Å²) in [5, 5.41) is 1.06. The summed E-state index contributed by atoms with van der Waals surface area (Å²) in [5.41, 5.74) is 0.972. The Morgan fingerprint density at radius 2 is 1.92 bits per heavy atom. The van der Waals surface area contributed by atoms with Crippen LogP contribution in [0.25, 0.3) is 10.9 Å². The van der Waals surface area contributed by atoms with Gasteiger partial charge in [-0.15, -0.1) is 0 Å². The van der Waals surface area contributed by atoms with Crippen molar-refractivity contribution in [3.05, 3.63) is 36.5 Å². The molecule has 0 saturated carbocycles. The quantitative estimate of drug-likeness (QED) is 0.663. The molecule has 0 unspecified atom stereocenters. The van der Waals surface area contributed by atoms with Crippen LogP contribution in [0, 0.1) is 0 Å². The first-order chi connectivity index (χ1) is 5.38. The predicted molar refractivity (Wildman–Crippen MR) is 47.4 cm³/mol. The van der Waals surface area contributed by atoms with E-state index >= 15 is 0 Å². The molecular weight excluding hydrogens is 243 g/mol. The molecule has 0 aliphatic carbocycles. The van der Waals surface area contributed by atoms with Gasteiger partial charge in [0.15, 0.2) is 0 Å². The Morgan fingerprint density at radius 1 is 1.08 bits per heavy atom. The smallest absolute Gasteiger partial charge is 0.0686 e. The summed E-state index contributed by atoms with van der Waals surface area (Å²) in [5.74, 6) is 0. The minimum Gasteiger partial charge on any atom is -0.779 e. The van der Waals surface area contributed by atoms with Gasteiger partial charge in [0, 0.05) is 38.9 Å². The number of pyridine rings is 1. The summed E-state index contributed by atoms with van der Waals surface area (Å²) in [7, 11) is 0. The topological polar surface area (TPSA) is 12.9 Å². The molecule has 57 valence electrons. The molecule has 0 fully saturated rings. The van der Waals surface area contributed by atoms with Crippen LogP contribution in [0.2, 0.25) is 0 Å². The summed E-state index contributed by atoms with van der Waals surface area (Å²) in [6.07, 6.45) is 1.77. The summed E-state index contributed by atoms with van der Waals surface area (Å²) >= 11 is 5.11. The minimum absolute atomic E-state index is 0. The van der Waals surface area contributed by atoms with Crippen LogP contribution in [0.15, 0.2) is 41.4 Å². The second kappa shape index (κ2) is 4.26. The fraction of sp³-hybridized carbons (Fsp3) is 0. The molecular formula is C9H6NSY-. The van der Waals surface area contributed by atoms with Crippen molar-refractivity contribution in [2.45, 2.75) is 4.90 Å². The van der Waals surface area contributed by atoms with E-state index in [1.54, 1.807) is 6.20 Å². The average molecular weight is 249 g/mol. The molecule has 0 atom stereocenters. The largest absolute Gasteiger partial charge is 0.779 e. The van der Waals surface area contributed by atoms with E-state index in [0.29, 0.717) is 0 Å². The van der Waals surface area contributed by atoms with Crippen LogP contribution in [0.1, 0.15) is 0 Å². The normalized spacial score (nSPS) is 9.33. The van der Waals surface area contributed by atoms with E-state index in [9.17, 15) is 0 Å². The fourth-order valence-corrected chi connectivity index (χ4v) is 1.33. The molecule has 1 heterocycles. The molecule has 0 spiro atoms. The van der Waals surface area contributed by atoms with Gasteiger partial charge in [0.05, 0.1) is 5.52 Å². The monoisotopic (exact) mass is 249 g/mol. The molecule has 0 saturated heterocycles. The fourth-order valence-electron chi connectivity index (χ4n) is 1.08. The zero-order chi connectivity index (χ0) is 7.68. The van der Waals surface area contributed by atoms with Crippen LogP contribution in [0.3, 0.4) is 0 Å². The Morgan fingerprint density at radius 3 is 2.67 bits per heavy atom. The molecule has 3 heteroatoms. The Bertz CT molecular complexity index is 384. The van der Waals surface area contributed by atoms with E-state index in [2.05, 4.69) is 4.98 Å². The molecule has 1 nitrogen and oxygen atoms in total. The van der Waals surface area contributed by atoms with Gasteiger partial charge < -0.3 is 12.6 Å². The van der Waals surface area contributed by atoms with Crippen molar-refractivity contribution in [3.8, 4) is 0 Å². The second-order valence-electron chi connectivity index (χ2n) is 2.33. The van der Waals surface area contributed by atoms with E-state index in [1.165, 1.54) is 0 Å². The number of aromatic nitrogens is 1. The average Bonchev–Trinajstić information content (AvgIpc) is 2.06. The Labute approximate surface area is 102 Å². The molecule has 2 rings (SSSR count). The van der Waals surface area contributed by atoms with Crippen molar-refractivity contribution in [2.75, 3.05) is 0 Å². The number of fused-ring (bicyclic) bond motifs is 1. The zero-order valence-electron chi connectivity index (χ0n) is 6.40. The summed E-state index contributed by atoms with van der Waals surface area (Å²) in [6.45, 7) is 0. The Hall–Kier alpha value is -0.0461. The van der Waals surface area contributed by atoms with Gasteiger partial charge in [-0.25, -0.2) is 0 Å². The third kappa shape index (κ3) is 1.82. The van der Waals surface area contributed by atoms with Crippen LogP contribution in [0.4, 0.5) is 0 Å². The van der Waals surface area contributed by atoms with Crippen molar-refractivity contribution >= 4 is 23.5 Å². The zero-order valence-corrected chi connectivity index (χ0v) is 10.1. The number of hydrogen-bond acceptors (Lipinski definition) is 2. The van der Waals surface area contributed by atoms with Crippen LogP contribution in [-0.2, 0) is 45.3 Å². The van der Waals surface area contributed by atoms with Gasteiger partial charge in [-0.2, -0.15) is 4.90 Å². The first kappa shape index (κ1) is 10.0. The van der Waals surface area contributed by atoms with Crippen LogP contribution in [-0.4, -0.2) is 4.98 Å². The third-order valence-corrected chi connectivity index (χ3v) is 1.96. The van der Waals surface area contributed by atoms with Crippen molar-refractivity contribution < 1.29 is 32.7 Å². The standard InChI is InChI=1S/C9H7NS.Y/c11-9-5-1-4-8-7(9)3-2-6-10-8;/h1-6,11H;/p-1. The maximum absolute atomic E-state index is 5.11. The van der Waals surface area contributed by atoms with Crippen LogP contribution >= 0.6 is 0 Å². The first-order valence-electron chi connectivity index (χ1n) is 3.39. The number of nitrogens with zero attached hydrogens (tertiary/aromatic N) is 1.